The minimum absolute atomic E-state index is 0.318. The summed E-state index contributed by atoms with van der Waals surface area (Å²) in [6, 6.07) is -0.405. The van der Waals surface area contributed by atoms with Crippen molar-refractivity contribution < 1.29 is 19.4 Å². The number of nitrogens with one attached hydrogen (secondary N) is 2. The van der Waals surface area contributed by atoms with Crippen LogP contribution in [0.4, 0.5) is 4.79 Å². The van der Waals surface area contributed by atoms with Crippen molar-refractivity contribution in [1.29, 1.82) is 0 Å². The first-order valence-electron chi connectivity index (χ1n) is 7.37. The van der Waals surface area contributed by atoms with Gasteiger partial charge in [-0.05, 0) is 32.1 Å². The summed E-state index contributed by atoms with van der Waals surface area (Å²) in [5.41, 5.74) is -1.11. The number of rotatable bonds is 7. The minimum atomic E-state index is -1.11. The number of urea groups is 1. The Balaban J connectivity index is 2.41. The van der Waals surface area contributed by atoms with Gasteiger partial charge in [0, 0.05) is 19.8 Å². The summed E-state index contributed by atoms with van der Waals surface area (Å²) in [5, 5.41) is 14.8. The van der Waals surface area contributed by atoms with Crippen LogP contribution in [0.15, 0.2) is 0 Å². The smallest absolute Gasteiger partial charge is 0.329 e. The highest BCUT2D eigenvalue weighted by atomic mass is 16.5. The lowest BCUT2D eigenvalue weighted by atomic mass is 9.76. The number of amides is 2. The van der Waals surface area contributed by atoms with Crippen molar-refractivity contribution in [3.05, 3.63) is 0 Å². The number of hydrogen-bond donors (Lipinski definition) is 3. The second kappa shape index (κ2) is 8.09. The van der Waals surface area contributed by atoms with Gasteiger partial charge in [-0.1, -0.05) is 19.8 Å². The second-order valence-corrected chi connectivity index (χ2v) is 5.52. The zero-order chi connectivity index (χ0) is 15.0. The summed E-state index contributed by atoms with van der Waals surface area (Å²) in [6.07, 6.45) is 3.57. The summed E-state index contributed by atoms with van der Waals surface area (Å²) >= 11 is 0. The molecule has 2 amide bonds. The molecule has 0 aliphatic heterocycles. The molecule has 1 aliphatic carbocycles. The molecular weight excluding hydrogens is 260 g/mol. The van der Waals surface area contributed by atoms with E-state index in [1.807, 2.05) is 13.8 Å². The third-order valence-corrected chi connectivity index (χ3v) is 3.71. The quantitative estimate of drug-likeness (QED) is 0.622. The topological polar surface area (TPSA) is 87.7 Å². The number of hydrogen-bond acceptors (Lipinski definition) is 3. The van der Waals surface area contributed by atoms with Gasteiger partial charge in [0.1, 0.15) is 5.54 Å². The molecule has 0 spiro atoms. The van der Waals surface area contributed by atoms with E-state index < -0.39 is 17.5 Å². The van der Waals surface area contributed by atoms with Crippen LogP contribution < -0.4 is 10.6 Å². The van der Waals surface area contributed by atoms with E-state index in [-0.39, 0.29) is 0 Å². The predicted molar refractivity (Wildman–Crippen MR) is 75.6 cm³/mol. The van der Waals surface area contributed by atoms with Gasteiger partial charge in [-0.25, -0.2) is 9.59 Å². The van der Waals surface area contributed by atoms with Crippen molar-refractivity contribution >= 4 is 12.0 Å². The zero-order valence-corrected chi connectivity index (χ0v) is 12.4. The summed E-state index contributed by atoms with van der Waals surface area (Å²) in [7, 11) is 0. The van der Waals surface area contributed by atoms with Gasteiger partial charge in [-0.2, -0.15) is 0 Å². The molecule has 1 saturated carbocycles. The largest absolute Gasteiger partial charge is 0.480 e. The van der Waals surface area contributed by atoms with Crippen molar-refractivity contribution in [3.63, 3.8) is 0 Å². The third-order valence-electron chi connectivity index (χ3n) is 3.71. The SMILES string of the molecule is CCOCCCNC(=O)NC1(C(=O)O)CCCC(C)C1. The van der Waals surface area contributed by atoms with Crippen LogP contribution in [-0.4, -0.2) is 42.4 Å². The fourth-order valence-corrected chi connectivity index (χ4v) is 2.69. The van der Waals surface area contributed by atoms with Gasteiger partial charge in [0.05, 0.1) is 0 Å². The maximum absolute atomic E-state index is 11.8. The van der Waals surface area contributed by atoms with Gasteiger partial charge in [0.25, 0.3) is 0 Å². The van der Waals surface area contributed by atoms with Gasteiger partial charge in [-0.3, -0.25) is 0 Å². The van der Waals surface area contributed by atoms with Crippen molar-refractivity contribution in [2.45, 2.75) is 51.5 Å². The summed E-state index contributed by atoms with van der Waals surface area (Å²) < 4.78 is 5.17. The Bertz CT molecular complexity index is 335. The Morgan fingerprint density at radius 2 is 2.20 bits per heavy atom. The first kappa shape index (κ1) is 16.8. The Kier molecular flexibility index (Phi) is 6.78. The molecule has 0 radical (unpaired) electrons. The van der Waals surface area contributed by atoms with Gasteiger partial charge in [-0.15, -0.1) is 0 Å². The Labute approximate surface area is 120 Å². The van der Waals surface area contributed by atoms with Crippen molar-refractivity contribution in [1.82, 2.24) is 10.6 Å². The van der Waals surface area contributed by atoms with Gasteiger partial charge >= 0.3 is 12.0 Å². The summed E-state index contributed by atoms with van der Waals surface area (Å²) in [6.45, 7) is 5.68. The molecule has 1 rings (SSSR count). The number of carbonyl (C=O) groups is 2. The monoisotopic (exact) mass is 286 g/mol. The average Bonchev–Trinajstić information content (AvgIpc) is 2.38. The summed E-state index contributed by atoms with van der Waals surface area (Å²) in [5.74, 6) is -0.619. The number of carboxylic acids is 1. The first-order chi connectivity index (χ1) is 9.50. The van der Waals surface area contributed by atoms with E-state index in [1.54, 1.807) is 0 Å². The number of aliphatic carboxylic acids is 1. The number of carbonyl (C=O) groups excluding carboxylic acids is 1. The van der Waals surface area contributed by atoms with Crippen LogP contribution in [0.5, 0.6) is 0 Å². The van der Waals surface area contributed by atoms with E-state index in [4.69, 9.17) is 4.74 Å². The molecule has 6 heteroatoms. The van der Waals surface area contributed by atoms with Crippen LogP contribution >= 0.6 is 0 Å². The van der Waals surface area contributed by atoms with Crippen molar-refractivity contribution in [2.24, 2.45) is 5.92 Å². The van der Waals surface area contributed by atoms with E-state index in [1.165, 1.54) is 0 Å². The Morgan fingerprint density at radius 1 is 1.45 bits per heavy atom. The van der Waals surface area contributed by atoms with Crippen LogP contribution in [-0.2, 0) is 9.53 Å². The number of carboxylic acid groups (broad SMARTS) is 1. The van der Waals surface area contributed by atoms with Crippen LogP contribution in [0.2, 0.25) is 0 Å². The molecule has 0 saturated heterocycles. The van der Waals surface area contributed by atoms with E-state index in [0.717, 1.165) is 19.3 Å². The predicted octanol–water partition coefficient (Wildman–Crippen LogP) is 1.75. The van der Waals surface area contributed by atoms with Crippen LogP contribution in [0.3, 0.4) is 0 Å². The van der Waals surface area contributed by atoms with Crippen LogP contribution in [0.1, 0.15) is 46.0 Å². The molecular formula is C14H26N2O4. The maximum atomic E-state index is 11.8. The molecule has 6 nitrogen and oxygen atoms in total. The zero-order valence-electron chi connectivity index (χ0n) is 12.4. The molecule has 0 bridgehead atoms. The fraction of sp³-hybridized carbons (Fsp3) is 0.857. The molecule has 0 aromatic rings. The molecule has 1 aliphatic rings. The van der Waals surface area contributed by atoms with E-state index >= 15 is 0 Å². The van der Waals surface area contributed by atoms with Gasteiger partial charge in [0.2, 0.25) is 0 Å². The van der Waals surface area contributed by atoms with Crippen molar-refractivity contribution in [2.75, 3.05) is 19.8 Å². The maximum Gasteiger partial charge on any atom is 0.329 e. The minimum Gasteiger partial charge on any atom is -0.480 e. The van der Waals surface area contributed by atoms with Gasteiger partial charge < -0.3 is 20.5 Å². The molecule has 1 fully saturated rings. The lowest BCUT2D eigenvalue weighted by Gasteiger charge is -2.37. The highest BCUT2D eigenvalue weighted by Crippen LogP contribution is 2.32. The van der Waals surface area contributed by atoms with E-state index in [9.17, 15) is 14.7 Å². The molecule has 0 aromatic carbocycles. The standard InChI is InChI=1S/C14H26N2O4/c1-3-20-9-5-8-15-13(19)16-14(12(17)18)7-4-6-11(2)10-14/h11H,3-10H2,1-2H3,(H,17,18)(H2,15,16,19). The normalized spacial score (nSPS) is 26.0. The highest BCUT2D eigenvalue weighted by molar-refractivity contribution is 5.86. The van der Waals surface area contributed by atoms with Crippen LogP contribution in [0, 0.1) is 5.92 Å². The molecule has 3 N–H and O–H groups in total. The second-order valence-electron chi connectivity index (χ2n) is 5.52. The van der Waals surface area contributed by atoms with E-state index in [2.05, 4.69) is 10.6 Å². The lowest BCUT2D eigenvalue weighted by molar-refractivity contribution is -0.146. The molecule has 20 heavy (non-hydrogen) atoms. The molecule has 116 valence electrons. The molecule has 2 atom stereocenters. The Hall–Kier alpha value is -1.30. The average molecular weight is 286 g/mol. The fourth-order valence-electron chi connectivity index (χ4n) is 2.69. The third kappa shape index (κ3) is 5.00. The summed E-state index contributed by atoms with van der Waals surface area (Å²) in [4.78, 5) is 23.3. The number of ether oxygens (including phenoxy) is 1. The van der Waals surface area contributed by atoms with Crippen molar-refractivity contribution in [3.8, 4) is 0 Å². The van der Waals surface area contributed by atoms with Crippen LogP contribution in [0.25, 0.3) is 0 Å². The highest BCUT2D eigenvalue weighted by Gasteiger charge is 2.43. The lowest BCUT2D eigenvalue weighted by Crippen LogP contribution is -2.59. The Morgan fingerprint density at radius 3 is 2.80 bits per heavy atom. The first-order valence-corrected chi connectivity index (χ1v) is 7.37. The molecule has 0 heterocycles. The van der Waals surface area contributed by atoms with E-state index in [0.29, 0.717) is 38.5 Å². The molecule has 0 aromatic heterocycles. The molecule has 2 unspecified atom stereocenters. The van der Waals surface area contributed by atoms with Gasteiger partial charge in [0.15, 0.2) is 0 Å².